The van der Waals surface area contributed by atoms with Gasteiger partial charge in [-0.25, -0.2) is 4.98 Å². The molecule has 0 aliphatic heterocycles. The lowest BCUT2D eigenvalue weighted by Crippen LogP contribution is -2.11. The number of halogens is 2. The summed E-state index contributed by atoms with van der Waals surface area (Å²) in [5.41, 5.74) is 1.93. The summed E-state index contributed by atoms with van der Waals surface area (Å²) in [6, 6.07) is 11.7. The van der Waals surface area contributed by atoms with E-state index in [4.69, 9.17) is 9.47 Å². The van der Waals surface area contributed by atoms with Crippen LogP contribution in [0.3, 0.4) is 0 Å². The molecule has 5 nitrogen and oxygen atoms in total. The van der Waals surface area contributed by atoms with E-state index in [9.17, 15) is 13.6 Å². The van der Waals surface area contributed by atoms with Crippen LogP contribution in [-0.4, -0.2) is 30.9 Å². The third-order valence-electron chi connectivity index (χ3n) is 3.97. The predicted octanol–water partition coefficient (Wildman–Crippen LogP) is 5.70. The molecule has 0 aliphatic carbocycles. The highest BCUT2D eigenvalue weighted by molar-refractivity contribution is 7.99. The van der Waals surface area contributed by atoms with Crippen LogP contribution in [0.5, 0.6) is 11.5 Å². The summed E-state index contributed by atoms with van der Waals surface area (Å²) in [5.74, 6) is -1.60. The van der Waals surface area contributed by atoms with E-state index >= 15 is 0 Å². The van der Waals surface area contributed by atoms with Crippen molar-refractivity contribution in [3.63, 3.8) is 0 Å². The highest BCUT2D eigenvalue weighted by atomic mass is 32.2. The van der Waals surface area contributed by atoms with E-state index in [1.54, 1.807) is 57.5 Å². The maximum absolute atomic E-state index is 12.7. The number of benzene rings is 2. The summed E-state index contributed by atoms with van der Waals surface area (Å²) in [5, 5.41) is 3.45. The normalized spacial score (nSPS) is 10.8. The Morgan fingerprint density at radius 1 is 1.10 bits per heavy atom. The first-order chi connectivity index (χ1) is 13.9. The lowest BCUT2D eigenvalue weighted by Gasteiger charge is -2.08. The lowest BCUT2D eigenvalue weighted by molar-refractivity contribution is 0.103. The number of alkyl halides is 2. The number of carbonyl (C=O) groups excluding carboxylic acids is 1. The average molecular weight is 437 g/mol. The smallest absolute Gasteiger partial charge is 0.288 e. The Morgan fingerprint density at radius 3 is 2.41 bits per heavy atom. The molecule has 1 aromatic heterocycles. The summed E-state index contributed by atoms with van der Waals surface area (Å²) in [6.45, 7) is 1.76. The van der Waals surface area contributed by atoms with Crippen LogP contribution in [-0.2, 0) is 0 Å². The van der Waals surface area contributed by atoms with E-state index in [2.05, 4.69) is 10.3 Å². The molecule has 3 rings (SSSR count). The minimum Gasteiger partial charge on any atom is -0.493 e. The Morgan fingerprint density at radius 2 is 1.79 bits per heavy atom. The first kappa shape index (κ1) is 21.1. The Balaban J connectivity index is 1.78. The number of ether oxygens (including phenoxy) is 2. The van der Waals surface area contributed by atoms with Gasteiger partial charge in [0, 0.05) is 16.1 Å². The molecule has 0 saturated heterocycles. The van der Waals surface area contributed by atoms with Crippen LogP contribution in [0, 0.1) is 6.92 Å². The quantitative estimate of drug-likeness (QED) is 0.481. The number of anilines is 1. The summed E-state index contributed by atoms with van der Waals surface area (Å²) in [4.78, 5) is 18.1. The first-order valence-corrected chi connectivity index (χ1v) is 10.2. The van der Waals surface area contributed by atoms with E-state index in [1.807, 2.05) is 6.07 Å². The molecule has 152 valence electrons. The number of thiazole rings is 1. The number of hydrogen-bond donors (Lipinski definition) is 1. The van der Waals surface area contributed by atoms with Gasteiger partial charge in [-0.15, -0.1) is 11.3 Å². The minimum absolute atomic E-state index is 0.305. The molecular formula is C20H18F2N2O3S2. The van der Waals surface area contributed by atoms with Crippen LogP contribution in [0.1, 0.15) is 15.4 Å². The van der Waals surface area contributed by atoms with Gasteiger partial charge >= 0.3 is 0 Å². The van der Waals surface area contributed by atoms with Crippen molar-refractivity contribution in [3.8, 4) is 22.1 Å². The van der Waals surface area contributed by atoms with Crippen molar-refractivity contribution >= 4 is 34.7 Å². The summed E-state index contributed by atoms with van der Waals surface area (Å²) in [7, 11) is 3.12. The molecule has 2 aromatic carbocycles. The fourth-order valence-electron chi connectivity index (χ4n) is 2.61. The first-order valence-electron chi connectivity index (χ1n) is 8.47. The number of hydrogen-bond acceptors (Lipinski definition) is 6. The zero-order chi connectivity index (χ0) is 21.0. The number of carbonyl (C=O) groups is 1. The Hall–Kier alpha value is -2.65. The summed E-state index contributed by atoms with van der Waals surface area (Å²) < 4.78 is 35.4. The molecule has 0 saturated carbocycles. The monoisotopic (exact) mass is 436 g/mol. The van der Waals surface area contributed by atoms with Gasteiger partial charge in [0.05, 0.1) is 19.9 Å². The van der Waals surface area contributed by atoms with Crippen LogP contribution >= 0.6 is 23.1 Å². The van der Waals surface area contributed by atoms with Gasteiger partial charge in [-0.2, -0.15) is 8.78 Å². The number of thioether (sulfide) groups is 1. The third-order valence-corrected chi connectivity index (χ3v) is 5.90. The molecule has 1 N–H and O–H groups in total. The number of rotatable bonds is 7. The van der Waals surface area contributed by atoms with Crippen molar-refractivity contribution in [1.82, 2.24) is 4.98 Å². The number of amides is 1. The summed E-state index contributed by atoms with van der Waals surface area (Å²) >= 11 is 1.72. The second-order valence-electron chi connectivity index (χ2n) is 5.86. The van der Waals surface area contributed by atoms with Gasteiger partial charge in [0.15, 0.2) is 11.5 Å². The molecule has 1 heterocycles. The minimum atomic E-state index is -2.48. The lowest BCUT2D eigenvalue weighted by atomic mass is 10.2. The number of methoxy groups -OCH3 is 2. The van der Waals surface area contributed by atoms with E-state index in [0.29, 0.717) is 49.4 Å². The van der Waals surface area contributed by atoms with E-state index in [-0.39, 0.29) is 5.91 Å². The molecule has 0 spiro atoms. The van der Waals surface area contributed by atoms with Crippen molar-refractivity contribution in [1.29, 1.82) is 0 Å². The third kappa shape index (κ3) is 5.04. The van der Waals surface area contributed by atoms with Crippen molar-refractivity contribution in [2.75, 3.05) is 19.5 Å². The standard InChI is InChI=1S/C20H18F2N2O3S2/c1-11-17(18(25)24-13-5-7-14(8-6-13)28-20(21)22)29-19(23-11)12-4-9-15(26-2)16(10-12)27-3/h4-10,20H,1-3H3,(H,24,25). The van der Waals surface area contributed by atoms with Crippen LogP contribution in [0.15, 0.2) is 47.4 Å². The van der Waals surface area contributed by atoms with Crippen LogP contribution in [0.2, 0.25) is 0 Å². The predicted molar refractivity (Wildman–Crippen MR) is 112 cm³/mol. The molecule has 0 aliphatic rings. The van der Waals surface area contributed by atoms with Crippen molar-refractivity contribution in [3.05, 3.63) is 53.0 Å². The van der Waals surface area contributed by atoms with Crippen molar-refractivity contribution in [2.24, 2.45) is 0 Å². The molecule has 0 fully saturated rings. The average Bonchev–Trinajstić information content (AvgIpc) is 3.10. The molecule has 3 aromatic rings. The largest absolute Gasteiger partial charge is 0.493 e. The number of nitrogens with zero attached hydrogens (tertiary/aromatic N) is 1. The highest BCUT2D eigenvalue weighted by Crippen LogP contribution is 2.35. The van der Waals surface area contributed by atoms with E-state index < -0.39 is 5.76 Å². The fourth-order valence-corrected chi connectivity index (χ4v) is 4.06. The van der Waals surface area contributed by atoms with Crippen LogP contribution in [0.4, 0.5) is 14.5 Å². The molecule has 1 amide bonds. The van der Waals surface area contributed by atoms with Gasteiger partial charge in [-0.3, -0.25) is 4.79 Å². The molecule has 9 heteroatoms. The van der Waals surface area contributed by atoms with Gasteiger partial charge < -0.3 is 14.8 Å². The molecule has 29 heavy (non-hydrogen) atoms. The fraction of sp³-hybridized carbons (Fsp3) is 0.200. The number of aromatic nitrogens is 1. The zero-order valence-corrected chi connectivity index (χ0v) is 17.5. The second-order valence-corrected chi connectivity index (χ2v) is 7.92. The molecule has 0 radical (unpaired) electrons. The van der Waals surface area contributed by atoms with Crippen LogP contribution in [0.25, 0.3) is 10.6 Å². The number of aryl methyl sites for hydroxylation is 1. The number of nitrogens with one attached hydrogen (secondary N) is 1. The molecule has 0 unspecified atom stereocenters. The van der Waals surface area contributed by atoms with Gasteiger partial charge in [-0.1, -0.05) is 11.8 Å². The maximum atomic E-state index is 12.7. The topological polar surface area (TPSA) is 60.5 Å². The molecular weight excluding hydrogens is 418 g/mol. The van der Waals surface area contributed by atoms with Gasteiger partial charge in [0.25, 0.3) is 11.7 Å². The maximum Gasteiger partial charge on any atom is 0.288 e. The van der Waals surface area contributed by atoms with Crippen LogP contribution < -0.4 is 14.8 Å². The summed E-state index contributed by atoms with van der Waals surface area (Å²) in [6.07, 6.45) is 0. The molecule has 0 atom stereocenters. The van der Waals surface area contributed by atoms with E-state index in [0.717, 1.165) is 5.56 Å². The SMILES string of the molecule is COc1ccc(-c2nc(C)c(C(=O)Nc3ccc(SC(F)F)cc3)s2)cc1OC. The highest BCUT2D eigenvalue weighted by Gasteiger charge is 2.18. The Labute approximate surface area is 175 Å². The van der Waals surface area contributed by atoms with E-state index in [1.165, 1.54) is 11.3 Å². The van der Waals surface area contributed by atoms with Gasteiger partial charge in [-0.05, 0) is 49.4 Å². The second kappa shape index (κ2) is 9.23. The Kier molecular flexibility index (Phi) is 6.71. The van der Waals surface area contributed by atoms with Crippen molar-refractivity contribution in [2.45, 2.75) is 17.6 Å². The Bertz CT molecular complexity index is 1010. The molecule has 0 bridgehead atoms. The van der Waals surface area contributed by atoms with Gasteiger partial charge in [0.2, 0.25) is 0 Å². The van der Waals surface area contributed by atoms with Crippen molar-refractivity contribution < 1.29 is 23.0 Å². The van der Waals surface area contributed by atoms with Gasteiger partial charge in [0.1, 0.15) is 9.88 Å². The zero-order valence-electron chi connectivity index (χ0n) is 15.9.